The van der Waals surface area contributed by atoms with Gasteiger partial charge < -0.3 is 10.2 Å². The zero-order chi connectivity index (χ0) is 17.5. The number of carbonyl (C=O) groups excluding carboxylic acids is 2. The van der Waals surface area contributed by atoms with Gasteiger partial charge in [-0.1, -0.05) is 12.2 Å². The van der Waals surface area contributed by atoms with Gasteiger partial charge in [0.1, 0.15) is 0 Å². The van der Waals surface area contributed by atoms with Crippen molar-refractivity contribution in [3.8, 4) is 0 Å². The van der Waals surface area contributed by atoms with E-state index in [1.165, 1.54) is 0 Å². The van der Waals surface area contributed by atoms with Crippen molar-refractivity contribution in [2.75, 3.05) is 7.05 Å². The van der Waals surface area contributed by atoms with Crippen LogP contribution in [0.15, 0.2) is 23.3 Å². The van der Waals surface area contributed by atoms with E-state index in [-0.39, 0.29) is 24.0 Å². The summed E-state index contributed by atoms with van der Waals surface area (Å²) in [6.07, 6.45) is 2.26. The lowest BCUT2D eigenvalue weighted by Crippen LogP contribution is -2.65. The number of piperidine rings is 1. The molecular weight excluding hydrogens is 294 g/mol. The van der Waals surface area contributed by atoms with E-state index in [9.17, 15) is 19.8 Å². The molecule has 5 nitrogen and oxygen atoms in total. The van der Waals surface area contributed by atoms with E-state index in [0.717, 1.165) is 0 Å². The van der Waals surface area contributed by atoms with Crippen molar-refractivity contribution in [2.24, 2.45) is 5.92 Å². The molecule has 128 valence electrons. The highest BCUT2D eigenvalue weighted by Crippen LogP contribution is 2.49. The van der Waals surface area contributed by atoms with Gasteiger partial charge in [0, 0.05) is 12.5 Å². The second-order valence-corrected chi connectivity index (χ2v) is 6.79. The van der Waals surface area contributed by atoms with Crippen LogP contribution >= 0.6 is 0 Å². The maximum atomic E-state index is 13.1. The summed E-state index contributed by atoms with van der Waals surface area (Å²) >= 11 is 0. The Morgan fingerprint density at radius 2 is 1.65 bits per heavy atom. The van der Waals surface area contributed by atoms with Gasteiger partial charge in [-0.05, 0) is 52.3 Å². The molecule has 0 aromatic heterocycles. The molecule has 2 heterocycles. The number of carbonyl (C=O) groups is 2. The Morgan fingerprint density at radius 1 is 1.09 bits per heavy atom. The SMILES string of the molecule is C/C=C(\C)C(=O)C1C(O)C[C@@H]2C(O)C[C@@]1(C(=O)/C(C)=C/C)N2C. The Bertz CT molecular complexity index is 580. The summed E-state index contributed by atoms with van der Waals surface area (Å²) in [5.74, 6) is -1.23. The molecule has 2 aliphatic rings. The number of aliphatic hydroxyl groups excluding tert-OH is 2. The second-order valence-electron chi connectivity index (χ2n) is 6.79. The zero-order valence-corrected chi connectivity index (χ0v) is 14.5. The first-order chi connectivity index (χ1) is 10.7. The number of hydrogen-bond donors (Lipinski definition) is 2. The molecule has 3 unspecified atom stereocenters. The molecule has 0 aliphatic carbocycles. The predicted octanol–water partition coefficient (Wildman–Crippen LogP) is 1.24. The zero-order valence-electron chi connectivity index (χ0n) is 14.5. The Balaban J connectivity index is 2.62. The van der Waals surface area contributed by atoms with Gasteiger partial charge in [-0.3, -0.25) is 14.5 Å². The van der Waals surface area contributed by atoms with E-state index in [4.69, 9.17) is 0 Å². The first-order valence-electron chi connectivity index (χ1n) is 8.16. The highest BCUT2D eigenvalue weighted by atomic mass is 16.3. The average molecular weight is 321 g/mol. The highest BCUT2D eigenvalue weighted by Gasteiger charge is 2.65. The van der Waals surface area contributed by atoms with Crippen LogP contribution in [0.4, 0.5) is 0 Å². The number of ketones is 2. The Morgan fingerprint density at radius 3 is 2.17 bits per heavy atom. The molecule has 0 aromatic carbocycles. The molecule has 23 heavy (non-hydrogen) atoms. The summed E-state index contributed by atoms with van der Waals surface area (Å²) < 4.78 is 0. The largest absolute Gasteiger partial charge is 0.392 e. The second kappa shape index (κ2) is 6.30. The first kappa shape index (κ1) is 18.0. The van der Waals surface area contributed by atoms with Gasteiger partial charge in [0.2, 0.25) is 0 Å². The van der Waals surface area contributed by atoms with Crippen LogP contribution in [0.2, 0.25) is 0 Å². The molecule has 5 atom stereocenters. The molecule has 0 spiro atoms. The number of Topliss-reactive ketones (excluding diaryl/α,β-unsaturated/α-hetero) is 2. The number of allylic oxidation sites excluding steroid dienone is 3. The molecule has 0 aromatic rings. The van der Waals surface area contributed by atoms with E-state index in [1.807, 2.05) is 4.90 Å². The van der Waals surface area contributed by atoms with E-state index in [2.05, 4.69) is 0 Å². The summed E-state index contributed by atoms with van der Waals surface area (Å²) in [4.78, 5) is 27.8. The molecule has 5 heteroatoms. The minimum absolute atomic E-state index is 0.176. The van der Waals surface area contributed by atoms with Crippen molar-refractivity contribution in [3.63, 3.8) is 0 Å². The van der Waals surface area contributed by atoms with Gasteiger partial charge in [-0.15, -0.1) is 0 Å². The fourth-order valence-electron chi connectivity index (χ4n) is 4.16. The van der Waals surface area contributed by atoms with Crippen molar-refractivity contribution in [2.45, 2.75) is 64.3 Å². The van der Waals surface area contributed by atoms with Crippen molar-refractivity contribution in [1.29, 1.82) is 0 Å². The van der Waals surface area contributed by atoms with Gasteiger partial charge in [0.05, 0.1) is 23.7 Å². The van der Waals surface area contributed by atoms with Crippen molar-refractivity contribution >= 4 is 11.6 Å². The maximum absolute atomic E-state index is 13.1. The van der Waals surface area contributed by atoms with E-state index >= 15 is 0 Å². The lowest BCUT2D eigenvalue weighted by Gasteiger charge is -2.48. The standard InChI is InChI=1S/C18H27NO4/c1-6-10(3)16(22)15-13(20)8-12-14(21)9-18(15,19(12)5)17(23)11(4)7-2/h6-7,12-15,20-21H,8-9H2,1-5H3/b10-6+,11-7+/t12-,13?,14?,15?,18-/m1/s1. The predicted molar refractivity (Wildman–Crippen MR) is 87.9 cm³/mol. The van der Waals surface area contributed by atoms with Crippen molar-refractivity contribution in [1.82, 2.24) is 4.90 Å². The van der Waals surface area contributed by atoms with Gasteiger partial charge in [-0.2, -0.15) is 0 Å². The third-order valence-corrected chi connectivity index (χ3v) is 5.76. The monoisotopic (exact) mass is 321 g/mol. The van der Waals surface area contributed by atoms with Gasteiger partial charge in [0.15, 0.2) is 11.6 Å². The quantitative estimate of drug-likeness (QED) is 0.762. The third kappa shape index (κ3) is 2.51. The number of nitrogens with zero attached hydrogens (tertiary/aromatic N) is 1. The van der Waals surface area contributed by atoms with Crippen LogP contribution < -0.4 is 0 Å². The summed E-state index contributed by atoms with van der Waals surface area (Å²) in [6, 6.07) is -0.298. The lowest BCUT2D eigenvalue weighted by molar-refractivity contribution is -0.149. The molecule has 0 saturated carbocycles. The lowest BCUT2D eigenvalue weighted by atomic mass is 9.68. The van der Waals surface area contributed by atoms with Crippen LogP contribution in [0.25, 0.3) is 0 Å². The Hall–Kier alpha value is -1.30. The minimum Gasteiger partial charge on any atom is -0.392 e. The van der Waals surface area contributed by atoms with Crippen molar-refractivity contribution < 1.29 is 19.8 Å². The summed E-state index contributed by atoms with van der Waals surface area (Å²) in [5, 5.41) is 21.0. The molecular formula is C18H27NO4. The fourth-order valence-corrected chi connectivity index (χ4v) is 4.16. The minimum atomic E-state index is -1.17. The molecule has 2 bridgehead atoms. The normalized spacial score (nSPS) is 38.7. The summed E-state index contributed by atoms with van der Waals surface area (Å²) in [5.41, 5.74) is -0.0815. The van der Waals surface area contributed by atoms with E-state index < -0.39 is 23.7 Å². The van der Waals surface area contributed by atoms with Crippen LogP contribution in [0.1, 0.15) is 40.5 Å². The maximum Gasteiger partial charge on any atom is 0.179 e. The highest BCUT2D eigenvalue weighted by molar-refractivity contribution is 6.09. The summed E-state index contributed by atoms with van der Waals surface area (Å²) in [6.45, 7) is 6.97. The Kier molecular flexibility index (Phi) is 4.95. The van der Waals surface area contributed by atoms with Crippen LogP contribution in [0, 0.1) is 5.92 Å². The summed E-state index contributed by atoms with van der Waals surface area (Å²) in [7, 11) is 1.78. The van der Waals surface area contributed by atoms with E-state index in [0.29, 0.717) is 17.6 Å². The molecule has 2 rings (SSSR count). The van der Waals surface area contributed by atoms with Crippen LogP contribution in [0.3, 0.4) is 0 Å². The molecule has 0 amide bonds. The number of aliphatic hydroxyl groups is 2. The molecule has 2 N–H and O–H groups in total. The number of hydrogen-bond acceptors (Lipinski definition) is 5. The van der Waals surface area contributed by atoms with Gasteiger partial charge in [0.25, 0.3) is 0 Å². The van der Waals surface area contributed by atoms with Gasteiger partial charge >= 0.3 is 0 Å². The smallest absolute Gasteiger partial charge is 0.179 e. The molecule has 0 radical (unpaired) electrons. The average Bonchev–Trinajstić information content (AvgIpc) is 2.70. The van der Waals surface area contributed by atoms with E-state index in [1.54, 1.807) is 46.9 Å². The van der Waals surface area contributed by atoms with Crippen molar-refractivity contribution in [3.05, 3.63) is 23.3 Å². The van der Waals surface area contributed by atoms with Crippen LogP contribution in [-0.4, -0.2) is 57.5 Å². The fraction of sp³-hybridized carbons (Fsp3) is 0.667. The Labute approximate surface area is 137 Å². The van der Waals surface area contributed by atoms with Crippen LogP contribution in [0.5, 0.6) is 0 Å². The van der Waals surface area contributed by atoms with Gasteiger partial charge in [-0.25, -0.2) is 0 Å². The van der Waals surface area contributed by atoms with Crippen LogP contribution in [-0.2, 0) is 9.59 Å². The molecule has 2 saturated heterocycles. The molecule has 2 aliphatic heterocycles. The molecule has 2 fully saturated rings. The third-order valence-electron chi connectivity index (χ3n) is 5.76. The number of fused-ring (bicyclic) bond motifs is 2. The first-order valence-corrected chi connectivity index (χ1v) is 8.16. The topological polar surface area (TPSA) is 77.8 Å². The number of likely N-dealkylation sites (N-methyl/N-ethyl adjacent to an activating group) is 1. The number of rotatable bonds is 4.